The van der Waals surface area contributed by atoms with Crippen LogP contribution in [0.15, 0.2) is 24.3 Å². The molecule has 0 aromatic heterocycles. The number of amides is 1. The van der Waals surface area contributed by atoms with Gasteiger partial charge < -0.3 is 14.2 Å². The highest BCUT2D eigenvalue weighted by Crippen LogP contribution is 2.14. The molecular weight excluding hydrogens is 258 g/mol. The number of hydrogen-bond acceptors (Lipinski definition) is 4. The zero-order valence-electron chi connectivity index (χ0n) is 12.6. The minimum atomic E-state index is -0.509. The van der Waals surface area contributed by atoms with Crippen LogP contribution in [-0.2, 0) is 20.8 Å². The second kappa shape index (κ2) is 7.87. The van der Waals surface area contributed by atoms with Crippen LogP contribution in [0.25, 0.3) is 0 Å². The molecule has 0 saturated heterocycles. The minimum Gasteiger partial charge on any atom is -0.444 e. The third kappa shape index (κ3) is 7.11. The number of ether oxygens (including phenoxy) is 3. The number of carbonyl (C=O) groups excluding carboxylic acids is 1. The van der Waals surface area contributed by atoms with Gasteiger partial charge in [-0.2, -0.15) is 0 Å². The van der Waals surface area contributed by atoms with E-state index in [2.05, 4.69) is 5.32 Å². The van der Waals surface area contributed by atoms with Crippen LogP contribution in [0.4, 0.5) is 10.5 Å². The Morgan fingerprint density at radius 1 is 1.25 bits per heavy atom. The maximum absolute atomic E-state index is 11.7. The number of carbonyl (C=O) groups is 1. The molecule has 1 amide bonds. The predicted molar refractivity (Wildman–Crippen MR) is 77.8 cm³/mol. The van der Waals surface area contributed by atoms with Crippen LogP contribution >= 0.6 is 0 Å². The average Bonchev–Trinajstić information content (AvgIpc) is 2.32. The Labute approximate surface area is 120 Å². The van der Waals surface area contributed by atoms with E-state index in [1.807, 2.05) is 45.0 Å². The first-order valence-corrected chi connectivity index (χ1v) is 6.56. The van der Waals surface area contributed by atoms with Gasteiger partial charge in [-0.15, -0.1) is 0 Å². The lowest BCUT2D eigenvalue weighted by atomic mass is 10.2. The van der Waals surface area contributed by atoms with E-state index >= 15 is 0 Å². The Bertz CT molecular complexity index is 426. The molecule has 0 aliphatic heterocycles. The molecule has 0 fully saturated rings. The monoisotopic (exact) mass is 281 g/mol. The van der Waals surface area contributed by atoms with Crippen LogP contribution in [0.2, 0.25) is 0 Å². The summed E-state index contributed by atoms with van der Waals surface area (Å²) >= 11 is 0. The Morgan fingerprint density at radius 3 is 2.65 bits per heavy atom. The lowest BCUT2D eigenvalue weighted by molar-refractivity contribution is 0.0615. The summed E-state index contributed by atoms with van der Waals surface area (Å²) in [7, 11) is 1.63. The van der Waals surface area contributed by atoms with Crippen molar-refractivity contribution in [1.29, 1.82) is 0 Å². The summed E-state index contributed by atoms with van der Waals surface area (Å²) in [5.41, 5.74) is 1.16. The number of rotatable bonds is 6. The molecule has 5 nitrogen and oxygen atoms in total. The van der Waals surface area contributed by atoms with Crippen molar-refractivity contribution in [3.05, 3.63) is 29.8 Å². The van der Waals surface area contributed by atoms with Gasteiger partial charge in [-0.1, -0.05) is 12.1 Å². The Balaban J connectivity index is 2.49. The second-order valence-electron chi connectivity index (χ2n) is 5.37. The van der Waals surface area contributed by atoms with Crippen LogP contribution < -0.4 is 5.32 Å². The summed E-state index contributed by atoms with van der Waals surface area (Å²) in [6, 6.07) is 7.47. The zero-order valence-corrected chi connectivity index (χ0v) is 12.6. The number of hydrogen-bond donors (Lipinski definition) is 1. The first-order chi connectivity index (χ1) is 9.40. The van der Waals surface area contributed by atoms with E-state index < -0.39 is 11.7 Å². The Morgan fingerprint density at radius 2 is 2.00 bits per heavy atom. The van der Waals surface area contributed by atoms with Crippen molar-refractivity contribution in [2.75, 3.05) is 25.6 Å². The first kappa shape index (κ1) is 16.5. The molecule has 1 aromatic rings. The standard InChI is InChI=1S/C15H23NO4/c1-15(2,3)20-14(17)16-13-7-5-6-12(10-13)11-19-9-8-18-4/h5-7,10H,8-9,11H2,1-4H3,(H,16,17). The summed E-state index contributed by atoms with van der Waals surface area (Å²) in [6.07, 6.45) is -0.463. The Hall–Kier alpha value is -1.59. The first-order valence-electron chi connectivity index (χ1n) is 6.56. The van der Waals surface area contributed by atoms with Gasteiger partial charge in [0.2, 0.25) is 0 Å². The summed E-state index contributed by atoms with van der Waals surface area (Å²) in [5.74, 6) is 0. The van der Waals surface area contributed by atoms with Gasteiger partial charge in [0.05, 0.1) is 19.8 Å². The van der Waals surface area contributed by atoms with Crippen molar-refractivity contribution in [3.8, 4) is 0 Å². The van der Waals surface area contributed by atoms with Crippen molar-refractivity contribution in [2.24, 2.45) is 0 Å². The second-order valence-corrected chi connectivity index (χ2v) is 5.37. The third-order valence-electron chi connectivity index (χ3n) is 2.27. The lowest BCUT2D eigenvalue weighted by Crippen LogP contribution is -2.27. The van der Waals surface area contributed by atoms with Crippen molar-refractivity contribution >= 4 is 11.8 Å². The summed E-state index contributed by atoms with van der Waals surface area (Å²) in [5, 5.41) is 2.70. The third-order valence-corrected chi connectivity index (χ3v) is 2.27. The molecule has 0 saturated carbocycles. The van der Waals surface area contributed by atoms with Gasteiger partial charge in [-0.3, -0.25) is 5.32 Å². The maximum Gasteiger partial charge on any atom is 0.412 e. The predicted octanol–water partition coefficient (Wildman–Crippen LogP) is 3.20. The van der Waals surface area contributed by atoms with Gasteiger partial charge in [-0.25, -0.2) is 4.79 Å². The van der Waals surface area contributed by atoms with E-state index in [9.17, 15) is 4.79 Å². The maximum atomic E-state index is 11.7. The van der Waals surface area contributed by atoms with Gasteiger partial charge in [0.15, 0.2) is 0 Å². The topological polar surface area (TPSA) is 56.8 Å². The molecule has 0 atom stereocenters. The van der Waals surface area contributed by atoms with Crippen LogP contribution in [-0.4, -0.2) is 32.0 Å². The van der Waals surface area contributed by atoms with Gasteiger partial charge in [0.1, 0.15) is 5.60 Å². The van der Waals surface area contributed by atoms with Crippen molar-refractivity contribution in [3.63, 3.8) is 0 Å². The van der Waals surface area contributed by atoms with Gasteiger partial charge in [0.25, 0.3) is 0 Å². The fourth-order valence-corrected chi connectivity index (χ4v) is 1.49. The highest BCUT2D eigenvalue weighted by Gasteiger charge is 2.16. The molecule has 5 heteroatoms. The fraction of sp³-hybridized carbons (Fsp3) is 0.533. The number of anilines is 1. The van der Waals surface area contributed by atoms with E-state index in [0.29, 0.717) is 25.5 Å². The van der Waals surface area contributed by atoms with Crippen LogP contribution in [0, 0.1) is 0 Å². The number of benzene rings is 1. The molecule has 1 rings (SSSR count). The molecule has 20 heavy (non-hydrogen) atoms. The van der Waals surface area contributed by atoms with Gasteiger partial charge >= 0.3 is 6.09 Å². The molecule has 1 aromatic carbocycles. The minimum absolute atomic E-state index is 0.463. The molecule has 0 aliphatic rings. The molecule has 0 spiro atoms. The smallest absolute Gasteiger partial charge is 0.412 e. The zero-order chi connectivity index (χ0) is 15.0. The van der Waals surface area contributed by atoms with E-state index in [-0.39, 0.29) is 0 Å². The molecule has 0 unspecified atom stereocenters. The number of nitrogens with one attached hydrogen (secondary N) is 1. The average molecular weight is 281 g/mol. The SMILES string of the molecule is COCCOCc1cccc(NC(=O)OC(C)(C)C)c1. The number of methoxy groups -OCH3 is 1. The molecule has 112 valence electrons. The quantitative estimate of drug-likeness (QED) is 0.814. The van der Waals surface area contributed by atoms with E-state index in [1.54, 1.807) is 7.11 Å². The van der Waals surface area contributed by atoms with E-state index in [0.717, 1.165) is 5.56 Å². The van der Waals surface area contributed by atoms with Crippen molar-refractivity contribution in [1.82, 2.24) is 0 Å². The summed E-state index contributed by atoms with van der Waals surface area (Å²) < 4.78 is 15.5. The molecule has 0 radical (unpaired) electrons. The van der Waals surface area contributed by atoms with Gasteiger partial charge in [-0.05, 0) is 38.5 Å². The van der Waals surface area contributed by atoms with Crippen LogP contribution in [0.1, 0.15) is 26.3 Å². The van der Waals surface area contributed by atoms with Gasteiger partial charge in [0, 0.05) is 12.8 Å². The molecule has 0 heterocycles. The highest BCUT2D eigenvalue weighted by molar-refractivity contribution is 5.84. The summed E-state index contributed by atoms with van der Waals surface area (Å²) in [6.45, 7) is 7.06. The Kier molecular flexibility index (Phi) is 6.48. The normalized spacial score (nSPS) is 11.2. The molecule has 0 aliphatic carbocycles. The van der Waals surface area contributed by atoms with Crippen molar-refractivity contribution < 1.29 is 19.0 Å². The van der Waals surface area contributed by atoms with Crippen LogP contribution in [0.3, 0.4) is 0 Å². The highest BCUT2D eigenvalue weighted by atomic mass is 16.6. The molecular formula is C15H23NO4. The van der Waals surface area contributed by atoms with E-state index in [4.69, 9.17) is 14.2 Å². The molecule has 1 N–H and O–H groups in total. The summed E-state index contributed by atoms with van der Waals surface area (Å²) in [4.78, 5) is 11.7. The fourth-order valence-electron chi connectivity index (χ4n) is 1.49. The van der Waals surface area contributed by atoms with E-state index in [1.165, 1.54) is 0 Å². The molecule has 0 bridgehead atoms. The van der Waals surface area contributed by atoms with Crippen LogP contribution in [0.5, 0.6) is 0 Å². The largest absolute Gasteiger partial charge is 0.444 e. The lowest BCUT2D eigenvalue weighted by Gasteiger charge is -2.19. The van der Waals surface area contributed by atoms with Crippen molar-refractivity contribution in [2.45, 2.75) is 33.0 Å².